The van der Waals surface area contributed by atoms with E-state index in [1.165, 1.54) is 0 Å². The molecule has 0 atom stereocenters. The van der Waals surface area contributed by atoms with Crippen LogP contribution < -0.4 is 15.8 Å². The van der Waals surface area contributed by atoms with Crippen LogP contribution >= 0.6 is 0 Å². The zero-order chi connectivity index (χ0) is 19.1. The van der Waals surface area contributed by atoms with Crippen LogP contribution in [0.2, 0.25) is 0 Å². The molecule has 0 spiro atoms. The van der Waals surface area contributed by atoms with Gasteiger partial charge in [-0.1, -0.05) is 26.8 Å². The number of nitrogens with one attached hydrogen (secondary N) is 1. The van der Waals surface area contributed by atoms with Crippen LogP contribution in [-0.4, -0.2) is 48.2 Å². The number of tetrazole rings is 1. The zero-order valence-corrected chi connectivity index (χ0v) is 16.0. The van der Waals surface area contributed by atoms with Crippen molar-refractivity contribution in [2.45, 2.75) is 50.0 Å². The van der Waals surface area contributed by atoms with Gasteiger partial charge in [-0.05, 0) is 35.1 Å². The SMILES string of the molecule is CC(C)(C)c1ccc(N2CCC(N)CC2)c(-c2nn[nH]n2)c1S(N)(=O)=O. The van der Waals surface area contributed by atoms with E-state index in [1.54, 1.807) is 0 Å². The number of hydrogen-bond acceptors (Lipinski definition) is 7. The third-order valence-corrected chi connectivity index (χ3v) is 5.67. The lowest BCUT2D eigenvalue weighted by atomic mass is 9.85. The predicted molar refractivity (Wildman–Crippen MR) is 99.1 cm³/mol. The van der Waals surface area contributed by atoms with Gasteiger partial charge in [0.25, 0.3) is 0 Å². The molecular weight excluding hydrogens is 354 g/mol. The van der Waals surface area contributed by atoms with Crippen molar-refractivity contribution in [2.75, 3.05) is 18.0 Å². The molecule has 1 fully saturated rings. The monoisotopic (exact) mass is 379 g/mol. The number of sulfonamides is 1. The Bertz CT molecular complexity index is 880. The fourth-order valence-electron chi connectivity index (χ4n) is 3.35. The van der Waals surface area contributed by atoms with Gasteiger partial charge in [0.2, 0.25) is 15.8 Å². The highest BCUT2D eigenvalue weighted by Crippen LogP contribution is 2.41. The minimum Gasteiger partial charge on any atom is -0.371 e. The maximum absolute atomic E-state index is 12.6. The van der Waals surface area contributed by atoms with Gasteiger partial charge in [-0.25, -0.2) is 13.6 Å². The van der Waals surface area contributed by atoms with E-state index in [9.17, 15) is 8.42 Å². The Balaban J connectivity index is 2.30. The van der Waals surface area contributed by atoms with E-state index in [2.05, 4.69) is 25.5 Å². The molecule has 3 rings (SSSR count). The van der Waals surface area contributed by atoms with Crippen LogP contribution in [0.3, 0.4) is 0 Å². The number of piperidine rings is 1. The van der Waals surface area contributed by atoms with Crippen LogP contribution in [0.1, 0.15) is 39.2 Å². The largest absolute Gasteiger partial charge is 0.371 e. The summed E-state index contributed by atoms with van der Waals surface area (Å²) in [5.74, 6) is 0.213. The number of anilines is 1. The smallest absolute Gasteiger partial charge is 0.239 e. The first-order valence-electron chi connectivity index (χ1n) is 8.53. The summed E-state index contributed by atoms with van der Waals surface area (Å²) in [7, 11) is -4.02. The topological polar surface area (TPSA) is 144 Å². The average molecular weight is 379 g/mol. The molecule has 1 aromatic carbocycles. The van der Waals surface area contributed by atoms with E-state index in [1.807, 2.05) is 32.9 Å². The van der Waals surface area contributed by atoms with Crippen LogP contribution in [0.5, 0.6) is 0 Å². The van der Waals surface area contributed by atoms with Crippen LogP contribution in [0, 0.1) is 0 Å². The molecule has 0 aliphatic carbocycles. The Morgan fingerprint density at radius 2 is 1.88 bits per heavy atom. The molecule has 1 aliphatic heterocycles. The first-order valence-corrected chi connectivity index (χ1v) is 10.1. The molecular formula is C16H25N7O2S. The second-order valence-electron chi connectivity index (χ2n) is 7.69. The number of benzene rings is 1. The van der Waals surface area contributed by atoms with Crippen LogP contribution in [0.15, 0.2) is 17.0 Å². The van der Waals surface area contributed by atoms with Crippen molar-refractivity contribution >= 4 is 15.7 Å². The summed E-state index contributed by atoms with van der Waals surface area (Å²) in [6, 6.07) is 3.90. The summed E-state index contributed by atoms with van der Waals surface area (Å²) in [6.45, 7) is 7.28. The van der Waals surface area contributed by atoms with Crippen LogP contribution in [0.4, 0.5) is 5.69 Å². The second-order valence-corrected chi connectivity index (χ2v) is 9.19. The highest BCUT2D eigenvalue weighted by atomic mass is 32.2. The molecule has 0 unspecified atom stereocenters. The summed E-state index contributed by atoms with van der Waals surface area (Å²) < 4.78 is 25.1. The number of primary sulfonamides is 1. The van der Waals surface area contributed by atoms with E-state index in [-0.39, 0.29) is 16.8 Å². The Morgan fingerprint density at radius 3 is 2.38 bits per heavy atom. The number of nitrogens with zero attached hydrogens (tertiary/aromatic N) is 4. The number of nitrogens with two attached hydrogens (primary N) is 2. The first-order chi connectivity index (χ1) is 12.1. The zero-order valence-electron chi connectivity index (χ0n) is 15.2. The Kier molecular flexibility index (Phi) is 4.76. The maximum atomic E-state index is 12.6. The molecule has 142 valence electrons. The van der Waals surface area contributed by atoms with E-state index < -0.39 is 15.4 Å². The standard InChI is InChI=1S/C16H25N7O2S/c1-16(2,3)11-4-5-12(23-8-6-10(17)7-9-23)13(14(11)26(18,24)25)15-19-21-22-20-15/h4-5,10H,6-9,17H2,1-3H3,(H2,18,24,25)(H,19,20,21,22). The van der Waals surface area contributed by atoms with Crippen LogP contribution in [-0.2, 0) is 15.4 Å². The highest BCUT2D eigenvalue weighted by Gasteiger charge is 2.32. The van der Waals surface area contributed by atoms with Gasteiger partial charge in [0, 0.05) is 24.8 Å². The van der Waals surface area contributed by atoms with Gasteiger partial charge in [-0.3, -0.25) is 0 Å². The van der Waals surface area contributed by atoms with Gasteiger partial charge in [0.15, 0.2) is 0 Å². The van der Waals surface area contributed by atoms with E-state index in [0.29, 0.717) is 11.1 Å². The van der Waals surface area contributed by atoms with Gasteiger partial charge < -0.3 is 10.6 Å². The lowest BCUT2D eigenvalue weighted by Gasteiger charge is -2.34. The van der Waals surface area contributed by atoms with Crippen molar-refractivity contribution in [1.82, 2.24) is 20.6 Å². The van der Waals surface area contributed by atoms with E-state index >= 15 is 0 Å². The number of hydrogen-bond donors (Lipinski definition) is 3. The van der Waals surface area contributed by atoms with Gasteiger partial charge in [0.1, 0.15) is 0 Å². The Hall–Kier alpha value is -2.04. The normalized spacial score (nSPS) is 16.9. The third kappa shape index (κ3) is 3.57. The Labute approximate surface area is 153 Å². The Morgan fingerprint density at radius 1 is 1.23 bits per heavy atom. The summed E-state index contributed by atoms with van der Waals surface area (Å²) in [6.07, 6.45) is 1.66. The lowest BCUT2D eigenvalue weighted by Crippen LogP contribution is -2.40. The number of H-pyrrole nitrogens is 1. The number of rotatable bonds is 3. The molecule has 0 amide bonds. The quantitative estimate of drug-likeness (QED) is 0.713. The molecule has 2 heterocycles. The first kappa shape index (κ1) is 18.7. The highest BCUT2D eigenvalue weighted by molar-refractivity contribution is 7.89. The fourth-order valence-corrected chi connectivity index (χ4v) is 4.51. The van der Waals surface area contributed by atoms with Crippen molar-refractivity contribution in [3.8, 4) is 11.4 Å². The van der Waals surface area contributed by atoms with Crippen molar-refractivity contribution in [2.24, 2.45) is 10.9 Å². The second kappa shape index (κ2) is 6.60. The molecule has 10 heteroatoms. The third-order valence-electron chi connectivity index (χ3n) is 4.68. The van der Waals surface area contributed by atoms with Gasteiger partial charge in [-0.15, -0.1) is 10.2 Å². The van der Waals surface area contributed by atoms with Gasteiger partial charge in [-0.2, -0.15) is 5.21 Å². The predicted octanol–water partition coefficient (Wildman–Crippen LogP) is 0.739. The molecule has 0 bridgehead atoms. The number of aromatic amines is 1. The summed E-state index contributed by atoms with van der Waals surface area (Å²) >= 11 is 0. The van der Waals surface area contributed by atoms with Gasteiger partial charge in [0.05, 0.1) is 10.5 Å². The molecule has 0 saturated carbocycles. The molecule has 0 radical (unpaired) electrons. The minimum atomic E-state index is -4.02. The fraction of sp³-hybridized carbons (Fsp3) is 0.562. The van der Waals surface area contributed by atoms with Crippen molar-refractivity contribution in [3.63, 3.8) is 0 Å². The molecule has 1 aliphatic rings. The van der Waals surface area contributed by atoms with Crippen molar-refractivity contribution < 1.29 is 8.42 Å². The molecule has 1 aromatic heterocycles. The summed E-state index contributed by atoms with van der Waals surface area (Å²) in [5.41, 5.74) is 7.33. The maximum Gasteiger partial charge on any atom is 0.239 e. The summed E-state index contributed by atoms with van der Waals surface area (Å²) in [5, 5.41) is 19.7. The molecule has 26 heavy (non-hydrogen) atoms. The molecule has 9 nitrogen and oxygen atoms in total. The lowest BCUT2D eigenvalue weighted by molar-refractivity contribution is 0.501. The van der Waals surface area contributed by atoms with E-state index in [0.717, 1.165) is 31.6 Å². The van der Waals surface area contributed by atoms with E-state index in [4.69, 9.17) is 10.9 Å². The molecule has 2 aromatic rings. The molecule has 1 saturated heterocycles. The van der Waals surface area contributed by atoms with Crippen molar-refractivity contribution in [1.29, 1.82) is 0 Å². The summed E-state index contributed by atoms with van der Waals surface area (Å²) in [4.78, 5) is 2.16. The van der Waals surface area contributed by atoms with Crippen LogP contribution in [0.25, 0.3) is 11.4 Å². The average Bonchev–Trinajstić information content (AvgIpc) is 3.06. The number of aromatic nitrogens is 4. The van der Waals surface area contributed by atoms with Gasteiger partial charge >= 0.3 is 0 Å². The minimum absolute atomic E-state index is 0.0544. The molecule has 5 N–H and O–H groups in total. The van der Waals surface area contributed by atoms with Crippen molar-refractivity contribution in [3.05, 3.63) is 17.7 Å².